The topological polar surface area (TPSA) is 57.5 Å². The highest BCUT2D eigenvalue weighted by molar-refractivity contribution is 8.13. The van der Waals surface area contributed by atoms with Gasteiger partial charge in [-0.1, -0.05) is 23.9 Å². The number of carbonyl (C=O) groups is 1. The van der Waals surface area contributed by atoms with Gasteiger partial charge in [0.25, 0.3) is 0 Å². The molecule has 0 saturated heterocycles. The van der Waals surface area contributed by atoms with Gasteiger partial charge in [0.05, 0.1) is 6.10 Å². The van der Waals surface area contributed by atoms with Gasteiger partial charge in [0.1, 0.15) is 11.9 Å². The van der Waals surface area contributed by atoms with E-state index in [9.17, 15) is 19.4 Å². The monoisotopic (exact) mass is 258 g/mol. The van der Waals surface area contributed by atoms with E-state index in [1.165, 1.54) is 25.1 Å². The Labute approximate surface area is 104 Å². The maximum atomic E-state index is 12.9. The lowest BCUT2D eigenvalue weighted by atomic mass is 10.0. The third-order valence-electron chi connectivity index (χ3n) is 2.27. The number of benzene rings is 1. The van der Waals surface area contributed by atoms with Crippen LogP contribution >= 0.6 is 11.8 Å². The summed E-state index contributed by atoms with van der Waals surface area (Å²) in [7, 11) is 0. The van der Waals surface area contributed by atoms with Gasteiger partial charge < -0.3 is 10.2 Å². The summed E-state index contributed by atoms with van der Waals surface area (Å²) < 4.78 is 12.9. The molecule has 0 spiro atoms. The van der Waals surface area contributed by atoms with Crippen LogP contribution in [0.1, 0.15) is 25.0 Å². The quantitative estimate of drug-likeness (QED) is 0.846. The second kappa shape index (κ2) is 6.74. The van der Waals surface area contributed by atoms with E-state index in [0.717, 1.165) is 11.8 Å². The summed E-state index contributed by atoms with van der Waals surface area (Å²) in [5, 5.41) is 19.4. The highest BCUT2D eigenvalue weighted by atomic mass is 32.2. The standard InChI is InChI=1S/C12H15FO3S/c1-8(14)17-6-5-11(15)12(16)9-3-2-4-10(13)7-9/h2-4,7,11-12,15-16H,5-6H2,1H3. The zero-order valence-electron chi connectivity index (χ0n) is 9.47. The molecule has 0 saturated carbocycles. The summed E-state index contributed by atoms with van der Waals surface area (Å²) in [6.07, 6.45) is -1.84. The fourth-order valence-electron chi connectivity index (χ4n) is 1.39. The van der Waals surface area contributed by atoms with Crippen molar-refractivity contribution in [2.45, 2.75) is 25.6 Å². The number of halogens is 1. The van der Waals surface area contributed by atoms with Crippen LogP contribution in [0.15, 0.2) is 24.3 Å². The molecule has 0 fully saturated rings. The van der Waals surface area contributed by atoms with Crippen molar-refractivity contribution in [3.63, 3.8) is 0 Å². The first kappa shape index (κ1) is 14.2. The minimum absolute atomic E-state index is 0.0301. The number of hydrogen-bond donors (Lipinski definition) is 2. The Bertz CT molecular complexity index is 384. The van der Waals surface area contributed by atoms with Crippen LogP contribution in [0.25, 0.3) is 0 Å². The van der Waals surface area contributed by atoms with Crippen LogP contribution in [0.5, 0.6) is 0 Å². The van der Waals surface area contributed by atoms with Gasteiger partial charge in [-0.2, -0.15) is 0 Å². The first-order chi connectivity index (χ1) is 8.00. The molecule has 3 nitrogen and oxygen atoms in total. The molecule has 1 rings (SSSR count). The van der Waals surface area contributed by atoms with E-state index in [0.29, 0.717) is 11.3 Å². The van der Waals surface area contributed by atoms with Gasteiger partial charge >= 0.3 is 0 Å². The summed E-state index contributed by atoms with van der Waals surface area (Å²) in [5.41, 5.74) is 0.338. The normalized spacial score (nSPS) is 14.4. The van der Waals surface area contributed by atoms with Gasteiger partial charge in [-0.15, -0.1) is 0 Å². The molecule has 0 bridgehead atoms. The zero-order chi connectivity index (χ0) is 12.8. The van der Waals surface area contributed by atoms with Gasteiger partial charge in [-0.25, -0.2) is 4.39 Å². The van der Waals surface area contributed by atoms with Gasteiger partial charge in [0.15, 0.2) is 5.12 Å². The summed E-state index contributed by atoms with van der Waals surface area (Å²) in [6, 6.07) is 5.49. The van der Waals surface area contributed by atoms with Crippen molar-refractivity contribution in [2.75, 3.05) is 5.75 Å². The molecular weight excluding hydrogens is 243 g/mol. The van der Waals surface area contributed by atoms with Crippen molar-refractivity contribution in [3.05, 3.63) is 35.6 Å². The van der Waals surface area contributed by atoms with E-state index in [2.05, 4.69) is 0 Å². The number of carbonyl (C=O) groups excluding carboxylic acids is 1. The Morgan fingerprint density at radius 3 is 2.76 bits per heavy atom. The molecule has 1 aromatic rings. The second-order valence-electron chi connectivity index (χ2n) is 3.70. The van der Waals surface area contributed by atoms with Crippen molar-refractivity contribution in [3.8, 4) is 0 Å². The van der Waals surface area contributed by atoms with Crippen LogP contribution in [0.2, 0.25) is 0 Å². The molecule has 2 atom stereocenters. The third-order valence-corrected chi connectivity index (χ3v) is 3.12. The lowest BCUT2D eigenvalue weighted by Crippen LogP contribution is -2.19. The largest absolute Gasteiger partial charge is 0.390 e. The molecule has 0 amide bonds. The number of thioether (sulfide) groups is 1. The summed E-state index contributed by atoms with van der Waals surface area (Å²) in [6.45, 7) is 1.44. The van der Waals surface area contributed by atoms with E-state index in [1.54, 1.807) is 6.07 Å². The molecule has 94 valence electrons. The van der Waals surface area contributed by atoms with Crippen molar-refractivity contribution < 1.29 is 19.4 Å². The van der Waals surface area contributed by atoms with E-state index in [1.807, 2.05) is 0 Å². The van der Waals surface area contributed by atoms with Crippen LogP contribution in [0.4, 0.5) is 4.39 Å². The predicted molar refractivity (Wildman–Crippen MR) is 65.1 cm³/mol. The van der Waals surface area contributed by atoms with E-state index in [-0.39, 0.29) is 11.5 Å². The van der Waals surface area contributed by atoms with Crippen LogP contribution in [0, 0.1) is 5.82 Å². The molecule has 0 aliphatic rings. The SMILES string of the molecule is CC(=O)SCCC(O)C(O)c1cccc(F)c1. The number of rotatable bonds is 5. The predicted octanol–water partition coefficient (Wildman–Crippen LogP) is 1.89. The molecule has 0 radical (unpaired) electrons. The first-order valence-corrected chi connectivity index (χ1v) is 6.24. The molecule has 0 aromatic heterocycles. The van der Waals surface area contributed by atoms with Crippen LogP contribution in [0.3, 0.4) is 0 Å². The number of aliphatic hydroxyl groups excluding tert-OH is 2. The number of aliphatic hydroxyl groups is 2. The molecule has 2 N–H and O–H groups in total. The Morgan fingerprint density at radius 1 is 1.47 bits per heavy atom. The smallest absolute Gasteiger partial charge is 0.185 e. The third kappa shape index (κ3) is 4.85. The molecule has 1 aromatic carbocycles. The molecule has 0 aliphatic heterocycles. The van der Waals surface area contributed by atoms with Gasteiger partial charge in [0.2, 0.25) is 0 Å². The van der Waals surface area contributed by atoms with E-state index >= 15 is 0 Å². The molecule has 0 heterocycles. The first-order valence-electron chi connectivity index (χ1n) is 5.25. The highest BCUT2D eigenvalue weighted by Gasteiger charge is 2.18. The molecule has 17 heavy (non-hydrogen) atoms. The maximum absolute atomic E-state index is 12.9. The van der Waals surface area contributed by atoms with Crippen LogP contribution < -0.4 is 0 Å². The molecule has 0 aliphatic carbocycles. The Morgan fingerprint density at radius 2 is 2.18 bits per heavy atom. The summed E-state index contributed by atoms with van der Waals surface area (Å²) in [5.74, 6) is -0.0186. The van der Waals surface area contributed by atoms with E-state index in [4.69, 9.17) is 0 Å². The van der Waals surface area contributed by atoms with Crippen molar-refractivity contribution in [2.24, 2.45) is 0 Å². The fourth-order valence-corrected chi connectivity index (χ4v) is 2.04. The molecule has 5 heteroatoms. The number of hydrogen-bond acceptors (Lipinski definition) is 4. The Kier molecular flexibility index (Phi) is 5.61. The lowest BCUT2D eigenvalue weighted by Gasteiger charge is -2.17. The second-order valence-corrected chi connectivity index (χ2v) is 4.97. The average Bonchev–Trinajstić information content (AvgIpc) is 2.27. The highest BCUT2D eigenvalue weighted by Crippen LogP contribution is 2.21. The van der Waals surface area contributed by atoms with Crippen LogP contribution in [-0.4, -0.2) is 27.2 Å². The summed E-state index contributed by atoms with van der Waals surface area (Å²) >= 11 is 1.09. The lowest BCUT2D eigenvalue weighted by molar-refractivity contribution is -0.109. The van der Waals surface area contributed by atoms with Crippen molar-refractivity contribution >= 4 is 16.9 Å². The Hall–Kier alpha value is -0.910. The summed E-state index contributed by atoms with van der Waals surface area (Å²) in [4.78, 5) is 10.7. The molecule has 2 unspecified atom stereocenters. The van der Waals surface area contributed by atoms with E-state index < -0.39 is 18.0 Å². The minimum Gasteiger partial charge on any atom is -0.390 e. The van der Waals surface area contributed by atoms with Gasteiger partial charge in [-0.05, 0) is 24.1 Å². The molecular formula is C12H15FO3S. The Balaban J connectivity index is 2.51. The van der Waals surface area contributed by atoms with Crippen molar-refractivity contribution in [1.29, 1.82) is 0 Å². The van der Waals surface area contributed by atoms with Crippen LogP contribution in [-0.2, 0) is 4.79 Å². The zero-order valence-corrected chi connectivity index (χ0v) is 10.3. The average molecular weight is 258 g/mol. The fraction of sp³-hybridized carbons (Fsp3) is 0.417. The van der Waals surface area contributed by atoms with Crippen molar-refractivity contribution in [1.82, 2.24) is 0 Å². The maximum Gasteiger partial charge on any atom is 0.185 e. The van der Waals surface area contributed by atoms with Gasteiger partial charge in [-0.3, -0.25) is 4.79 Å². The van der Waals surface area contributed by atoms with Gasteiger partial charge in [0, 0.05) is 12.7 Å². The minimum atomic E-state index is -1.13.